The number of carbonyl (C=O) groups excluding carboxylic acids is 1. The molecule has 4 rings (SSSR count). The maximum atomic E-state index is 12.9. The molecule has 0 unspecified atom stereocenters. The van der Waals surface area contributed by atoms with Gasteiger partial charge in [-0.3, -0.25) is 4.90 Å². The van der Waals surface area contributed by atoms with Crippen molar-refractivity contribution in [3.8, 4) is 0 Å². The van der Waals surface area contributed by atoms with Crippen LogP contribution >= 0.6 is 0 Å². The Morgan fingerprint density at radius 1 is 1.18 bits per heavy atom. The van der Waals surface area contributed by atoms with Gasteiger partial charge in [-0.25, -0.2) is 18.2 Å². The van der Waals surface area contributed by atoms with Crippen molar-refractivity contribution in [1.82, 2.24) is 13.9 Å². The second-order valence-corrected chi connectivity index (χ2v) is 9.26. The standard InChI is InChI=1S/C19H24N4O4S/c1-13-5-4-6-15-12-27-19(24)23(18(13)15)16-7-9-22(10-8-16)28(25,26)17-11-21(3)14(2)20-17/h4-6,11,16H,7-10,12H2,1-3H3. The van der Waals surface area contributed by atoms with Crippen LogP contribution in [0.5, 0.6) is 0 Å². The molecule has 1 aromatic heterocycles. The smallest absolute Gasteiger partial charge is 0.414 e. The average Bonchev–Trinajstić information content (AvgIpc) is 3.02. The van der Waals surface area contributed by atoms with Gasteiger partial charge in [0.15, 0.2) is 5.03 Å². The Balaban J connectivity index is 1.54. The summed E-state index contributed by atoms with van der Waals surface area (Å²) in [7, 11) is -1.86. The average molecular weight is 404 g/mol. The molecule has 28 heavy (non-hydrogen) atoms. The van der Waals surface area contributed by atoms with Gasteiger partial charge < -0.3 is 9.30 Å². The molecule has 150 valence electrons. The topological polar surface area (TPSA) is 84.7 Å². The zero-order valence-electron chi connectivity index (χ0n) is 16.3. The first-order valence-corrected chi connectivity index (χ1v) is 10.8. The zero-order valence-corrected chi connectivity index (χ0v) is 17.1. The Bertz CT molecular complexity index is 1000. The molecule has 0 saturated carbocycles. The van der Waals surface area contributed by atoms with Crippen LogP contribution in [0.15, 0.2) is 29.4 Å². The number of fused-ring (bicyclic) bond motifs is 1. The van der Waals surface area contributed by atoms with Crippen LogP contribution in [-0.2, 0) is 28.4 Å². The highest BCUT2D eigenvalue weighted by atomic mass is 32.2. The number of ether oxygens (including phenoxy) is 1. The number of aromatic nitrogens is 2. The molecule has 1 aromatic carbocycles. The number of carbonyl (C=O) groups is 1. The summed E-state index contributed by atoms with van der Waals surface area (Å²) in [6.07, 6.45) is 2.28. The Hall–Kier alpha value is -2.39. The van der Waals surface area contributed by atoms with Crippen molar-refractivity contribution in [2.75, 3.05) is 18.0 Å². The summed E-state index contributed by atoms with van der Waals surface area (Å²) in [6.45, 7) is 4.71. The molecule has 2 aromatic rings. The number of rotatable bonds is 3. The molecule has 8 nitrogen and oxygen atoms in total. The minimum Gasteiger partial charge on any atom is -0.444 e. The molecule has 2 aliphatic heterocycles. The Morgan fingerprint density at radius 3 is 2.54 bits per heavy atom. The van der Waals surface area contributed by atoms with E-state index in [1.54, 1.807) is 29.6 Å². The number of anilines is 1. The third-order valence-electron chi connectivity index (χ3n) is 5.59. The Labute approximate surface area is 164 Å². The number of benzene rings is 1. The summed E-state index contributed by atoms with van der Waals surface area (Å²) in [4.78, 5) is 18.4. The maximum absolute atomic E-state index is 12.9. The molecule has 0 N–H and O–H groups in total. The highest BCUT2D eigenvalue weighted by Crippen LogP contribution is 2.35. The fraction of sp³-hybridized carbons (Fsp3) is 0.474. The number of aryl methyl sites for hydroxylation is 3. The van der Waals surface area contributed by atoms with Crippen molar-refractivity contribution >= 4 is 21.8 Å². The fourth-order valence-corrected chi connectivity index (χ4v) is 5.43. The Kier molecular flexibility index (Phi) is 4.67. The summed E-state index contributed by atoms with van der Waals surface area (Å²) in [5.41, 5.74) is 2.91. The number of nitrogens with zero attached hydrogens (tertiary/aromatic N) is 4. The van der Waals surface area contributed by atoms with Crippen LogP contribution in [0.25, 0.3) is 0 Å². The molecule has 9 heteroatoms. The van der Waals surface area contributed by atoms with Gasteiger partial charge in [0.2, 0.25) is 0 Å². The van der Waals surface area contributed by atoms with Gasteiger partial charge in [0, 0.05) is 37.9 Å². The van der Waals surface area contributed by atoms with E-state index in [0.717, 1.165) is 16.8 Å². The van der Waals surface area contributed by atoms with Gasteiger partial charge in [-0.15, -0.1) is 0 Å². The van der Waals surface area contributed by atoms with Crippen molar-refractivity contribution < 1.29 is 17.9 Å². The van der Waals surface area contributed by atoms with E-state index in [9.17, 15) is 13.2 Å². The van der Waals surface area contributed by atoms with Gasteiger partial charge in [-0.2, -0.15) is 4.31 Å². The monoisotopic (exact) mass is 404 g/mol. The summed E-state index contributed by atoms with van der Waals surface area (Å²) < 4.78 is 34.3. The normalized spacial score (nSPS) is 18.8. The van der Waals surface area contributed by atoms with Crippen LogP contribution in [0.3, 0.4) is 0 Å². The van der Waals surface area contributed by atoms with Crippen LogP contribution in [0, 0.1) is 13.8 Å². The number of hydrogen-bond acceptors (Lipinski definition) is 5. The number of piperidine rings is 1. The first kappa shape index (κ1) is 18.9. The highest BCUT2D eigenvalue weighted by Gasteiger charge is 2.38. The van der Waals surface area contributed by atoms with Gasteiger partial charge in [0.1, 0.15) is 12.4 Å². The third kappa shape index (κ3) is 3.08. The molecule has 1 saturated heterocycles. The lowest BCUT2D eigenvalue weighted by atomic mass is 10.00. The quantitative estimate of drug-likeness (QED) is 0.784. The lowest BCUT2D eigenvalue weighted by molar-refractivity contribution is 0.135. The van der Waals surface area contributed by atoms with E-state index in [4.69, 9.17) is 4.74 Å². The van der Waals surface area contributed by atoms with E-state index in [0.29, 0.717) is 31.8 Å². The minimum absolute atomic E-state index is 0.0736. The van der Waals surface area contributed by atoms with Gasteiger partial charge in [-0.1, -0.05) is 18.2 Å². The van der Waals surface area contributed by atoms with Crippen molar-refractivity contribution in [1.29, 1.82) is 0 Å². The molecule has 0 atom stereocenters. The number of hydrogen-bond donors (Lipinski definition) is 0. The van der Waals surface area contributed by atoms with Crippen molar-refractivity contribution in [2.45, 2.75) is 44.4 Å². The molecule has 0 spiro atoms. The molecule has 1 amide bonds. The summed E-state index contributed by atoms with van der Waals surface area (Å²) in [6, 6.07) is 5.80. The van der Waals surface area contributed by atoms with Crippen LogP contribution in [-0.4, -0.2) is 47.5 Å². The van der Waals surface area contributed by atoms with E-state index >= 15 is 0 Å². The molecular formula is C19H24N4O4S. The molecule has 2 aliphatic rings. The second kappa shape index (κ2) is 6.89. The Morgan fingerprint density at radius 2 is 1.89 bits per heavy atom. The number of imidazole rings is 1. The molecule has 0 bridgehead atoms. The minimum atomic E-state index is -3.63. The van der Waals surface area contributed by atoms with Gasteiger partial charge in [-0.05, 0) is 32.3 Å². The number of sulfonamides is 1. The summed E-state index contributed by atoms with van der Waals surface area (Å²) in [5.74, 6) is 0.650. The van der Waals surface area contributed by atoms with Crippen molar-refractivity contribution in [2.24, 2.45) is 7.05 Å². The molecule has 1 fully saturated rings. The van der Waals surface area contributed by atoms with Crippen molar-refractivity contribution in [3.63, 3.8) is 0 Å². The van der Waals surface area contributed by atoms with Crippen LogP contribution < -0.4 is 4.90 Å². The second-order valence-electron chi connectivity index (χ2n) is 7.38. The van der Waals surface area contributed by atoms with E-state index in [1.165, 1.54) is 4.31 Å². The van der Waals surface area contributed by atoms with Crippen LogP contribution in [0.2, 0.25) is 0 Å². The maximum Gasteiger partial charge on any atom is 0.414 e. The van der Waals surface area contributed by atoms with E-state index in [-0.39, 0.29) is 23.8 Å². The van der Waals surface area contributed by atoms with Crippen molar-refractivity contribution in [3.05, 3.63) is 41.3 Å². The third-order valence-corrected chi connectivity index (χ3v) is 7.36. The zero-order chi connectivity index (χ0) is 20.1. The SMILES string of the molecule is Cc1cccc2c1N(C1CCN(S(=O)(=O)c3cn(C)c(C)n3)CC1)C(=O)OC2. The largest absolute Gasteiger partial charge is 0.444 e. The van der Waals surface area contributed by atoms with E-state index in [1.807, 2.05) is 25.1 Å². The highest BCUT2D eigenvalue weighted by molar-refractivity contribution is 7.89. The van der Waals surface area contributed by atoms with E-state index < -0.39 is 10.0 Å². The molecule has 3 heterocycles. The summed E-state index contributed by atoms with van der Waals surface area (Å²) >= 11 is 0. The molecule has 0 aliphatic carbocycles. The molecule has 0 radical (unpaired) electrons. The predicted octanol–water partition coefficient (Wildman–Crippen LogP) is 2.35. The van der Waals surface area contributed by atoms with Gasteiger partial charge in [0.25, 0.3) is 10.0 Å². The lowest BCUT2D eigenvalue weighted by Crippen LogP contribution is -2.50. The first-order valence-electron chi connectivity index (χ1n) is 9.33. The van der Waals surface area contributed by atoms with Crippen LogP contribution in [0.1, 0.15) is 29.8 Å². The lowest BCUT2D eigenvalue weighted by Gasteiger charge is -2.40. The van der Waals surface area contributed by atoms with Crippen LogP contribution in [0.4, 0.5) is 10.5 Å². The fourth-order valence-electron chi connectivity index (χ4n) is 3.94. The van der Waals surface area contributed by atoms with Gasteiger partial charge in [0.05, 0.1) is 5.69 Å². The number of cyclic esters (lactones) is 1. The molecular weight excluding hydrogens is 380 g/mol. The number of para-hydroxylation sites is 1. The number of amides is 1. The summed E-state index contributed by atoms with van der Waals surface area (Å²) in [5, 5.41) is 0.0736. The van der Waals surface area contributed by atoms with E-state index in [2.05, 4.69) is 4.98 Å². The first-order chi connectivity index (χ1) is 13.3. The predicted molar refractivity (Wildman–Crippen MR) is 104 cm³/mol. The van der Waals surface area contributed by atoms with Gasteiger partial charge >= 0.3 is 6.09 Å².